The third-order valence-corrected chi connectivity index (χ3v) is 2.62. The Bertz CT molecular complexity index is 409. The van der Waals surface area contributed by atoms with Gasteiger partial charge in [0.05, 0.1) is 0 Å². The van der Waals surface area contributed by atoms with Crippen molar-refractivity contribution in [1.29, 1.82) is 4.78 Å². The highest BCUT2D eigenvalue weighted by atomic mass is 32.2. The molecule has 0 radical (unpaired) electrons. The molecule has 0 aliphatic heterocycles. The molecule has 0 saturated heterocycles. The van der Waals surface area contributed by atoms with E-state index in [0.29, 0.717) is 5.82 Å². The first kappa shape index (κ1) is 17.9. The summed E-state index contributed by atoms with van der Waals surface area (Å²) >= 11 is 0. The number of aliphatic hydroxyl groups is 1. The Morgan fingerprint density at radius 2 is 1.68 bits per heavy atom. The highest BCUT2D eigenvalue weighted by Gasteiger charge is 2.50. The van der Waals surface area contributed by atoms with Crippen LogP contribution in [0.25, 0.3) is 0 Å². The number of alkyl halides is 6. The molecule has 1 atom stereocenters. The van der Waals surface area contributed by atoms with Crippen LogP contribution in [0.1, 0.15) is 18.9 Å². The van der Waals surface area contributed by atoms with E-state index < -0.39 is 27.8 Å². The second-order valence-corrected chi connectivity index (χ2v) is 4.81. The molecule has 4 nitrogen and oxygen atoms in total. The summed E-state index contributed by atoms with van der Waals surface area (Å²) in [4.78, 5) is 3.93. The van der Waals surface area contributed by atoms with Crippen molar-refractivity contribution in [2.24, 2.45) is 7.05 Å². The summed E-state index contributed by atoms with van der Waals surface area (Å²) in [6.07, 6.45) is 3.01. The molecule has 0 fully saturated rings. The predicted octanol–water partition coefficient (Wildman–Crippen LogP) is 2.88. The maximum atomic E-state index is 11.0. The van der Waals surface area contributed by atoms with Crippen LogP contribution in [0.15, 0.2) is 12.4 Å². The van der Waals surface area contributed by atoms with E-state index in [1.54, 1.807) is 17.7 Å². The molecule has 0 saturated carbocycles. The highest BCUT2D eigenvalue weighted by Crippen LogP contribution is 2.33. The van der Waals surface area contributed by atoms with Gasteiger partial charge in [-0.15, -0.1) is 0 Å². The summed E-state index contributed by atoms with van der Waals surface area (Å²) in [5.41, 5.74) is -11.0. The van der Waals surface area contributed by atoms with Crippen molar-refractivity contribution in [3.63, 3.8) is 0 Å². The Labute approximate surface area is 107 Å². The second-order valence-electron chi connectivity index (χ2n) is 3.27. The molecule has 1 aromatic heterocycles. The minimum atomic E-state index is -5.49. The zero-order valence-corrected chi connectivity index (χ0v) is 10.6. The van der Waals surface area contributed by atoms with Crippen LogP contribution in [0.5, 0.6) is 0 Å². The number of aliphatic hydroxyl groups excluding tert-OH is 1. The third kappa shape index (κ3) is 6.05. The summed E-state index contributed by atoms with van der Waals surface area (Å²) < 4.78 is 73.7. The molecule has 0 aliphatic carbocycles. The summed E-state index contributed by atoms with van der Waals surface area (Å²) in [7, 11) is -2.40. The topological polar surface area (TPSA) is 61.9 Å². The zero-order valence-electron chi connectivity index (χ0n) is 9.75. The van der Waals surface area contributed by atoms with Crippen molar-refractivity contribution in [2.75, 3.05) is 0 Å². The quantitative estimate of drug-likeness (QED) is 0.783. The number of aromatic nitrogens is 2. The molecule has 112 valence electrons. The molecule has 0 spiro atoms. The van der Waals surface area contributed by atoms with Crippen LogP contribution >= 0.6 is 0 Å². The summed E-state index contributed by atoms with van der Waals surface area (Å²) in [6, 6.07) is 0. The smallest absolute Gasteiger partial charge is 0.385 e. The molecule has 0 amide bonds. The summed E-state index contributed by atoms with van der Waals surface area (Å²) in [5.74, 6) is 0.704. The van der Waals surface area contributed by atoms with Gasteiger partial charge in [0.25, 0.3) is 0 Å². The van der Waals surface area contributed by atoms with E-state index in [4.69, 9.17) is 9.89 Å². The Morgan fingerprint density at radius 1 is 1.26 bits per heavy atom. The Hall–Kier alpha value is -1.10. The van der Waals surface area contributed by atoms with Crippen molar-refractivity contribution < 1.29 is 31.4 Å². The SMILES string of the molecule is CC(O)c1nccn1C.N=S(C(F)(F)F)C(F)(F)F. The normalized spacial score (nSPS) is 14.0. The van der Waals surface area contributed by atoms with Crippen LogP contribution in [-0.4, -0.2) is 25.7 Å². The van der Waals surface area contributed by atoms with E-state index in [9.17, 15) is 26.3 Å². The minimum Gasteiger partial charge on any atom is -0.385 e. The number of halogens is 6. The highest BCUT2D eigenvalue weighted by molar-refractivity contribution is 7.87. The fourth-order valence-electron chi connectivity index (χ4n) is 0.911. The lowest BCUT2D eigenvalue weighted by Crippen LogP contribution is -2.28. The van der Waals surface area contributed by atoms with Crippen LogP contribution in [0.4, 0.5) is 26.3 Å². The Morgan fingerprint density at radius 3 is 1.79 bits per heavy atom. The second kappa shape index (κ2) is 6.37. The van der Waals surface area contributed by atoms with Crippen molar-refractivity contribution in [1.82, 2.24) is 9.55 Å². The lowest BCUT2D eigenvalue weighted by molar-refractivity contribution is -0.0754. The molecular weight excluding hydrogens is 300 g/mol. The van der Waals surface area contributed by atoms with Crippen molar-refractivity contribution >= 4 is 10.7 Å². The van der Waals surface area contributed by atoms with E-state index in [-0.39, 0.29) is 0 Å². The van der Waals surface area contributed by atoms with Crippen LogP contribution in [0.3, 0.4) is 0 Å². The first-order chi connectivity index (χ1) is 8.37. The van der Waals surface area contributed by atoms with Crippen molar-refractivity contribution in [3.8, 4) is 0 Å². The third-order valence-electron chi connectivity index (χ3n) is 1.70. The average molecular weight is 311 g/mol. The fraction of sp³-hybridized carbons (Fsp3) is 0.625. The van der Waals surface area contributed by atoms with Gasteiger partial charge in [-0.3, -0.25) is 4.78 Å². The molecule has 0 bridgehead atoms. The fourth-order valence-corrected chi connectivity index (χ4v) is 1.17. The molecule has 2 N–H and O–H groups in total. The van der Waals surface area contributed by atoms with Gasteiger partial charge in [0, 0.05) is 19.4 Å². The van der Waals surface area contributed by atoms with Gasteiger partial charge in [0.2, 0.25) is 0 Å². The molecule has 11 heteroatoms. The molecule has 1 heterocycles. The largest absolute Gasteiger partial charge is 0.460 e. The summed E-state index contributed by atoms with van der Waals surface area (Å²) in [6.45, 7) is 1.70. The number of rotatable bonds is 1. The van der Waals surface area contributed by atoms with Crippen molar-refractivity contribution in [3.05, 3.63) is 18.2 Å². The number of aryl methyl sites for hydroxylation is 1. The molecule has 0 aromatic carbocycles. The molecule has 0 aliphatic rings. The standard InChI is InChI=1S/C6H10N2O.C2HF6NS/c1-5(9)6-7-3-4-8(6)2;3-1(4,5)10(9)2(6,7)8/h3-5,9H,1-2H3;9H. The van der Waals surface area contributed by atoms with Gasteiger partial charge in [0.1, 0.15) is 22.6 Å². The van der Waals surface area contributed by atoms with E-state index in [2.05, 4.69) is 4.98 Å². The Balaban J connectivity index is 0.000000342. The van der Waals surface area contributed by atoms with Gasteiger partial charge in [0.15, 0.2) is 0 Å². The lowest BCUT2D eigenvalue weighted by Gasteiger charge is -2.11. The monoisotopic (exact) mass is 311 g/mol. The van der Waals surface area contributed by atoms with Gasteiger partial charge in [-0.25, -0.2) is 4.98 Å². The van der Waals surface area contributed by atoms with Crippen LogP contribution in [0.2, 0.25) is 0 Å². The first-order valence-electron chi connectivity index (χ1n) is 4.61. The molecule has 1 unspecified atom stereocenters. The zero-order chi connectivity index (χ0) is 15.4. The lowest BCUT2D eigenvalue weighted by atomic mass is 10.4. The number of imidazole rings is 1. The van der Waals surface area contributed by atoms with E-state index >= 15 is 0 Å². The van der Waals surface area contributed by atoms with Gasteiger partial charge in [-0.1, -0.05) is 0 Å². The van der Waals surface area contributed by atoms with Gasteiger partial charge in [-0.05, 0) is 6.92 Å². The number of hydrogen-bond donors (Lipinski definition) is 2. The van der Waals surface area contributed by atoms with E-state index in [0.717, 1.165) is 0 Å². The summed E-state index contributed by atoms with van der Waals surface area (Å²) in [5, 5.41) is 9.01. The molecule has 1 aromatic rings. The van der Waals surface area contributed by atoms with Crippen LogP contribution in [0, 0.1) is 4.78 Å². The Kier molecular flexibility index (Phi) is 6.00. The number of hydrogen-bond acceptors (Lipinski definition) is 3. The first-order valence-corrected chi connectivity index (χ1v) is 5.84. The average Bonchev–Trinajstić information content (AvgIpc) is 2.61. The van der Waals surface area contributed by atoms with Crippen LogP contribution in [-0.2, 0) is 17.7 Å². The predicted molar refractivity (Wildman–Crippen MR) is 56.0 cm³/mol. The van der Waals surface area contributed by atoms with Crippen molar-refractivity contribution in [2.45, 2.75) is 24.0 Å². The van der Waals surface area contributed by atoms with Crippen LogP contribution < -0.4 is 0 Å². The minimum absolute atomic E-state index is 0.468. The van der Waals surface area contributed by atoms with E-state index in [1.807, 2.05) is 13.2 Å². The molecule has 19 heavy (non-hydrogen) atoms. The van der Waals surface area contributed by atoms with Gasteiger partial charge < -0.3 is 9.67 Å². The van der Waals surface area contributed by atoms with Gasteiger partial charge >= 0.3 is 11.0 Å². The number of nitrogens with zero attached hydrogens (tertiary/aromatic N) is 2. The molecule has 1 rings (SSSR count). The maximum Gasteiger partial charge on any atom is 0.460 e. The maximum absolute atomic E-state index is 11.0. The molecular formula is C8H11F6N3OS. The van der Waals surface area contributed by atoms with E-state index in [1.165, 1.54) is 0 Å². The van der Waals surface area contributed by atoms with Gasteiger partial charge in [-0.2, -0.15) is 26.3 Å². The number of nitrogens with one attached hydrogen (secondary N) is 1.